The summed E-state index contributed by atoms with van der Waals surface area (Å²) in [5.74, 6) is 0.0563. The summed E-state index contributed by atoms with van der Waals surface area (Å²) in [6.45, 7) is 4.41. The molecule has 1 rings (SSSR count). The maximum Gasteiger partial charge on any atom is 0.234 e. The Morgan fingerprint density at radius 2 is 2.18 bits per heavy atom. The van der Waals surface area contributed by atoms with Crippen LogP contribution in [0.2, 0.25) is 0 Å². The van der Waals surface area contributed by atoms with Gasteiger partial charge in [0, 0.05) is 31.8 Å². The van der Waals surface area contributed by atoms with Gasteiger partial charge in [-0.25, -0.2) is 0 Å². The normalized spacial score (nSPS) is 20.2. The topological polar surface area (TPSA) is 78.6 Å². The number of aliphatic hydroxyl groups is 1. The number of amides is 1. The lowest BCUT2D eigenvalue weighted by Crippen LogP contribution is -2.46. The highest BCUT2D eigenvalue weighted by Gasteiger charge is 2.19. The van der Waals surface area contributed by atoms with E-state index in [0.29, 0.717) is 19.0 Å². The molecule has 1 atom stereocenters. The lowest BCUT2D eigenvalue weighted by molar-refractivity contribution is -0.123. The number of carbonyl (C=O) groups is 1. The van der Waals surface area contributed by atoms with E-state index in [1.807, 2.05) is 6.92 Å². The number of nitrogens with one attached hydrogen (secondary N) is 1. The molecule has 0 aromatic rings. The number of hydrogen-bond donors (Lipinski definition) is 3. The smallest absolute Gasteiger partial charge is 0.234 e. The summed E-state index contributed by atoms with van der Waals surface area (Å²) in [6, 6.07) is 0.395. The van der Waals surface area contributed by atoms with E-state index in [9.17, 15) is 4.79 Å². The fraction of sp³-hybridized carbons (Fsp3) is 0.917. The Kier molecular flexibility index (Phi) is 6.47. The highest BCUT2D eigenvalue weighted by atomic mass is 16.3. The van der Waals surface area contributed by atoms with E-state index in [2.05, 4.69) is 10.2 Å². The minimum atomic E-state index is 0.0563. The molecule has 0 aromatic heterocycles. The molecule has 5 nitrogen and oxygen atoms in total. The van der Waals surface area contributed by atoms with Crippen LogP contribution < -0.4 is 11.1 Å². The van der Waals surface area contributed by atoms with Crippen LogP contribution in [0.1, 0.15) is 32.6 Å². The zero-order chi connectivity index (χ0) is 12.7. The number of aliphatic hydroxyl groups excluding tert-OH is 1. The molecule has 0 saturated carbocycles. The number of nitrogens with two attached hydrogens (primary N) is 1. The third kappa shape index (κ3) is 5.48. The predicted octanol–water partition coefficient (Wildman–Crippen LogP) is -0.313. The molecule has 0 aliphatic carbocycles. The molecular formula is C12H25N3O2. The van der Waals surface area contributed by atoms with E-state index in [0.717, 1.165) is 32.4 Å². The molecule has 0 spiro atoms. The summed E-state index contributed by atoms with van der Waals surface area (Å²) in [7, 11) is 0. The van der Waals surface area contributed by atoms with Gasteiger partial charge in [0.25, 0.3) is 0 Å². The third-order valence-electron chi connectivity index (χ3n) is 3.33. The second-order valence-corrected chi connectivity index (χ2v) is 4.80. The van der Waals surface area contributed by atoms with Crippen LogP contribution in [0.4, 0.5) is 0 Å². The zero-order valence-electron chi connectivity index (χ0n) is 10.7. The fourth-order valence-corrected chi connectivity index (χ4v) is 2.12. The molecule has 0 radical (unpaired) electrons. The minimum Gasteiger partial charge on any atom is -0.396 e. The number of carbonyl (C=O) groups excluding carboxylic acids is 1. The Morgan fingerprint density at radius 3 is 2.71 bits per heavy atom. The number of hydrogen-bond acceptors (Lipinski definition) is 4. The molecule has 1 aliphatic rings. The lowest BCUT2D eigenvalue weighted by atomic mass is 10.1. The first-order valence-electron chi connectivity index (χ1n) is 6.53. The molecule has 100 valence electrons. The number of rotatable bonds is 6. The van der Waals surface area contributed by atoms with Crippen molar-refractivity contribution in [3.8, 4) is 0 Å². The molecule has 1 unspecified atom stereocenters. The van der Waals surface area contributed by atoms with Gasteiger partial charge in [0.05, 0.1) is 6.54 Å². The van der Waals surface area contributed by atoms with Gasteiger partial charge in [-0.2, -0.15) is 0 Å². The first-order valence-corrected chi connectivity index (χ1v) is 6.53. The van der Waals surface area contributed by atoms with Crippen LogP contribution in [0.15, 0.2) is 0 Å². The van der Waals surface area contributed by atoms with Crippen molar-refractivity contribution < 1.29 is 9.90 Å². The maximum absolute atomic E-state index is 11.8. The van der Waals surface area contributed by atoms with E-state index >= 15 is 0 Å². The molecule has 1 saturated heterocycles. The summed E-state index contributed by atoms with van der Waals surface area (Å²) in [6.07, 6.45) is 3.44. The first kappa shape index (κ1) is 14.4. The van der Waals surface area contributed by atoms with Crippen LogP contribution in [0.5, 0.6) is 0 Å². The largest absolute Gasteiger partial charge is 0.396 e. The molecule has 1 amide bonds. The van der Waals surface area contributed by atoms with Crippen LogP contribution >= 0.6 is 0 Å². The molecule has 1 heterocycles. The Morgan fingerprint density at radius 1 is 1.53 bits per heavy atom. The Balaban J connectivity index is 2.24. The van der Waals surface area contributed by atoms with Gasteiger partial charge < -0.3 is 16.2 Å². The van der Waals surface area contributed by atoms with Crippen LogP contribution in [0.3, 0.4) is 0 Å². The molecular weight excluding hydrogens is 218 g/mol. The van der Waals surface area contributed by atoms with E-state index in [1.165, 1.54) is 0 Å². The molecule has 4 N–H and O–H groups in total. The second-order valence-electron chi connectivity index (χ2n) is 4.80. The molecule has 0 aromatic carbocycles. The average Bonchev–Trinajstić information content (AvgIpc) is 2.31. The Hall–Kier alpha value is -0.650. The highest BCUT2D eigenvalue weighted by molar-refractivity contribution is 5.78. The van der Waals surface area contributed by atoms with E-state index < -0.39 is 0 Å². The van der Waals surface area contributed by atoms with Crippen LogP contribution in [-0.4, -0.2) is 54.2 Å². The minimum absolute atomic E-state index is 0.0563. The third-order valence-corrected chi connectivity index (χ3v) is 3.33. The fourth-order valence-electron chi connectivity index (χ4n) is 2.12. The average molecular weight is 243 g/mol. The summed E-state index contributed by atoms with van der Waals surface area (Å²) in [5.41, 5.74) is 5.81. The van der Waals surface area contributed by atoms with Gasteiger partial charge in [-0.3, -0.25) is 9.69 Å². The lowest BCUT2D eigenvalue weighted by Gasteiger charge is -2.30. The van der Waals surface area contributed by atoms with Gasteiger partial charge in [-0.15, -0.1) is 0 Å². The monoisotopic (exact) mass is 243 g/mol. The van der Waals surface area contributed by atoms with Gasteiger partial charge in [-0.1, -0.05) is 6.92 Å². The van der Waals surface area contributed by atoms with Crippen molar-refractivity contribution >= 4 is 5.91 Å². The van der Waals surface area contributed by atoms with Crippen molar-refractivity contribution in [3.63, 3.8) is 0 Å². The first-order chi connectivity index (χ1) is 8.15. The van der Waals surface area contributed by atoms with Crippen molar-refractivity contribution in [3.05, 3.63) is 0 Å². The van der Waals surface area contributed by atoms with Crippen molar-refractivity contribution in [1.82, 2.24) is 10.2 Å². The summed E-state index contributed by atoms with van der Waals surface area (Å²) >= 11 is 0. The standard InChI is InChI=1S/C12H25N3O2/c1-2-11(5-8-16)14-12(17)9-15-6-3-10(13)4-7-15/h10-11,16H,2-9,13H2,1H3,(H,14,17). The summed E-state index contributed by atoms with van der Waals surface area (Å²) < 4.78 is 0. The number of likely N-dealkylation sites (tertiary alicyclic amines) is 1. The van der Waals surface area contributed by atoms with Crippen molar-refractivity contribution in [2.45, 2.75) is 44.7 Å². The highest BCUT2D eigenvalue weighted by Crippen LogP contribution is 2.07. The zero-order valence-corrected chi connectivity index (χ0v) is 10.7. The summed E-state index contributed by atoms with van der Waals surface area (Å²) in [4.78, 5) is 13.9. The van der Waals surface area contributed by atoms with Crippen molar-refractivity contribution in [2.75, 3.05) is 26.2 Å². The van der Waals surface area contributed by atoms with Gasteiger partial charge in [0.1, 0.15) is 0 Å². The predicted molar refractivity (Wildman–Crippen MR) is 67.6 cm³/mol. The number of nitrogens with zero attached hydrogens (tertiary/aromatic N) is 1. The molecule has 1 aliphatic heterocycles. The van der Waals surface area contributed by atoms with E-state index in [1.54, 1.807) is 0 Å². The van der Waals surface area contributed by atoms with Crippen molar-refractivity contribution in [1.29, 1.82) is 0 Å². The Labute approximate surface area is 103 Å². The van der Waals surface area contributed by atoms with Crippen LogP contribution in [0.25, 0.3) is 0 Å². The van der Waals surface area contributed by atoms with Crippen LogP contribution in [-0.2, 0) is 4.79 Å². The van der Waals surface area contributed by atoms with Gasteiger partial charge >= 0.3 is 0 Å². The second kappa shape index (κ2) is 7.63. The van der Waals surface area contributed by atoms with E-state index in [-0.39, 0.29) is 18.6 Å². The summed E-state index contributed by atoms with van der Waals surface area (Å²) in [5, 5.41) is 11.8. The molecule has 1 fully saturated rings. The van der Waals surface area contributed by atoms with Gasteiger partial charge in [0.15, 0.2) is 0 Å². The SMILES string of the molecule is CCC(CCO)NC(=O)CN1CCC(N)CC1. The maximum atomic E-state index is 11.8. The van der Waals surface area contributed by atoms with E-state index in [4.69, 9.17) is 10.8 Å². The Bertz CT molecular complexity index is 228. The number of piperidine rings is 1. The van der Waals surface area contributed by atoms with Crippen molar-refractivity contribution in [2.24, 2.45) is 5.73 Å². The molecule has 5 heteroatoms. The van der Waals surface area contributed by atoms with Gasteiger partial charge in [0.2, 0.25) is 5.91 Å². The quantitative estimate of drug-likeness (QED) is 0.598. The molecule has 17 heavy (non-hydrogen) atoms. The molecule has 0 bridgehead atoms. The van der Waals surface area contributed by atoms with Crippen LogP contribution in [0, 0.1) is 0 Å². The van der Waals surface area contributed by atoms with Gasteiger partial charge in [-0.05, 0) is 25.7 Å².